The van der Waals surface area contributed by atoms with E-state index in [2.05, 4.69) is 4.90 Å². The number of hydrogen-bond acceptors (Lipinski definition) is 2. The molecule has 2 aliphatic carbocycles. The lowest BCUT2D eigenvalue weighted by Gasteiger charge is -2.25. The average Bonchev–Trinajstić information content (AvgIpc) is 3.18. The molecular weight excluding hydrogens is 214 g/mol. The Labute approximate surface area is 101 Å². The summed E-state index contributed by atoms with van der Waals surface area (Å²) in [5, 5.41) is 9.02. The van der Waals surface area contributed by atoms with Crippen LogP contribution >= 0.6 is 0 Å². The second kappa shape index (κ2) is 4.06. The van der Waals surface area contributed by atoms with Gasteiger partial charge in [0.05, 0.1) is 5.56 Å². The average molecular weight is 231 g/mol. The van der Waals surface area contributed by atoms with Gasteiger partial charge in [0.1, 0.15) is 0 Å². The topological polar surface area (TPSA) is 40.5 Å². The highest BCUT2D eigenvalue weighted by atomic mass is 16.4. The molecule has 0 saturated heterocycles. The van der Waals surface area contributed by atoms with E-state index < -0.39 is 5.97 Å². The predicted octanol–water partition coefficient (Wildman–Crippen LogP) is 2.76. The van der Waals surface area contributed by atoms with Gasteiger partial charge in [0.15, 0.2) is 0 Å². The van der Waals surface area contributed by atoms with E-state index in [1.807, 2.05) is 18.2 Å². The smallest absolute Gasteiger partial charge is 0.335 e. The van der Waals surface area contributed by atoms with Crippen LogP contribution in [0.4, 0.5) is 5.69 Å². The molecule has 0 amide bonds. The van der Waals surface area contributed by atoms with Gasteiger partial charge in [-0.2, -0.15) is 0 Å². The molecule has 90 valence electrons. The number of rotatable bonds is 5. The summed E-state index contributed by atoms with van der Waals surface area (Å²) < 4.78 is 0. The summed E-state index contributed by atoms with van der Waals surface area (Å²) in [4.78, 5) is 13.4. The highest BCUT2D eigenvalue weighted by molar-refractivity contribution is 5.88. The first-order valence-electron chi connectivity index (χ1n) is 6.34. The third-order valence-corrected chi connectivity index (χ3v) is 3.56. The Morgan fingerprint density at radius 2 is 2.06 bits per heavy atom. The van der Waals surface area contributed by atoms with Crippen molar-refractivity contribution in [1.29, 1.82) is 0 Å². The monoisotopic (exact) mass is 231 g/mol. The van der Waals surface area contributed by atoms with Crippen molar-refractivity contribution in [3.63, 3.8) is 0 Å². The van der Waals surface area contributed by atoms with E-state index in [1.165, 1.54) is 25.7 Å². The van der Waals surface area contributed by atoms with Gasteiger partial charge in [-0.05, 0) is 49.8 Å². The summed E-state index contributed by atoms with van der Waals surface area (Å²) in [5.74, 6) is -0.00176. The van der Waals surface area contributed by atoms with E-state index in [9.17, 15) is 4.79 Å². The molecule has 1 N–H and O–H groups in total. The van der Waals surface area contributed by atoms with Crippen LogP contribution in [0.2, 0.25) is 0 Å². The quantitative estimate of drug-likeness (QED) is 0.847. The first-order valence-corrected chi connectivity index (χ1v) is 6.34. The first-order chi connectivity index (χ1) is 8.24. The van der Waals surface area contributed by atoms with Gasteiger partial charge < -0.3 is 10.0 Å². The van der Waals surface area contributed by atoms with Crippen LogP contribution in [-0.2, 0) is 0 Å². The van der Waals surface area contributed by atoms with E-state index >= 15 is 0 Å². The molecule has 0 unspecified atom stereocenters. The number of nitrogens with zero attached hydrogens (tertiary/aromatic N) is 1. The van der Waals surface area contributed by atoms with Crippen molar-refractivity contribution >= 4 is 11.7 Å². The Bertz CT molecular complexity index is 436. The van der Waals surface area contributed by atoms with Crippen molar-refractivity contribution in [3.8, 4) is 0 Å². The van der Waals surface area contributed by atoms with Crippen LogP contribution in [-0.4, -0.2) is 23.7 Å². The molecule has 1 aromatic rings. The van der Waals surface area contributed by atoms with Crippen LogP contribution < -0.4 is 4.90 Å². The fourth-order valence-corrected chi connectivity index (χ4v) is 2.25. The molecule has 0 radical (unpaired) electrons. The molecule has 0 aliphatic heterocycles. The predicted molar refractivity (Wildman–Crippen MR) is 66.5 cm³/mol. The summed E-state index contributed by atoms with van der Waals surface area (Å²) >= 11 is 0. The summed E-state index contributed by atoms with van der Waals surface area (Å²) in [6.45, 7) is 1.10. The first kappa shape index (κ1) is 10.6. The van der Waals surface area contributed by atoms with Crippen molar-refractivity contribution in [3.05, 3.63) is 29.8 Å². The van der Waals surface area contributed by atoms with Gasteiger partial charge >= 0.3 is 5.97 Å². The van der Waals surface area contributed by atoms with Gasteiger partial charge in [0, 0.05) is 18.3 Å². The largest absolute Gasteiger partial charge is 0.478 e. The van der Waals surface area contributed by atoms with Gasteiger partial charge in [-0.15, -0.1) is 0 Å². The second-order valence-electron chi connectivity index (χ2n) is 5.18. The van der Waals surface area contributed by atoms with Gasteiger partial charge in [0.2, 0.25) is 0 Å². The maximum absolute atomic E-state index is 11.0. The molecule has 0 spiro atoms. The normalized spacial score (nSPS) is 19.1. The zero-order valence-electron chi connectivity index (χ0n) is 9.80. The summed E-state index contributed by atoms with van der Waals surface area (Å²) in [6, 6.07) is 8.00. The number of aromatic carboxylic acids is 1. The Kier molecular flexibility index (Phi) is 2.54. The number of carbonyl (C=O) groups is 1. The van der Waals surface area contributed by atoms with E-state index in [-0.39, 0.29) is 0 Å². The molecular formula is C14H17NO2. The summed E-state index contributed by atoms with van der Waals surface area (Å²) in [6.07, 6.45) is 5.18. The Balaban J connectivity index is 1.83. The minimum Gasteiger partial charge on any atom is -0.478 e. The number of carboxylic acid groups (broad SMARTS) is 1. The maximum atomic E-state index is 11.0. The van der Waals surface area contributed by atoms with Crippen molar-refractivity contribution in [2.24, 2.45) is 5.92 Å². The molecule has 17 heavy (non-hydrogen) atoms. The molecule has 3 heteroatoms. The Hall–Kier alpha value is -1.51. The Morgan fingerprint density at radius 3 is 2.65 bits per heavy atom. The molecule has 2 saturated carbocycles. The molecule has 2 fully saturated rings. The van der Waals surface area contributed by atoms with Gasteiger partial charge in [-0.1, -0.05) is 6.07 Å². The van der Waals surface area contributed by atoms with Crippen LogP contribution in [0.15, 0.2) is 24.3 Å². The van der Waals surface area contributed by atoms with E-state index in [4.69, 9.17) is 5.11 Å². The maximum Gasteiger partial charge on any atom is 0.335 e. The van der Waals surface area contributed by atoms with E-state index in [0.717, 1.165) is 18.2 Å². The minimum atomic E-state index is -0.839. The summed E-state index contributed by atoms with van der Waals surface area (Å²) in [7, 11) is 0. The Morgan fingerprint density at radius 1 is 1.29 bits per heavy atom. The van der Waals surface area contributed by atoms with Gasteiger partial charge in [0.25, 0.3) is 0 Å². The molecule has 1 aromatic carbocycles. The van der Waals surface area contributed by atoms with Gasteiger partial charge in [-0.3, -0.25) is 0 Å². The number of anilines is 1. The zero-order valence-corrected chi connectivity index (χ0v) is 9.80. The van der Waals surface area contributed by atoms with Crippen molar-refractivity contribution in [2.75, 3.05) is 11.4 Å². The third kappa shape index (κ3) is 2.43. The van der Waals surface area contributed by atoms with Crippen LogP contribution in [0.1, 0.15) is 36.0 Å². The number of carboxylic acids is 1. The SMILES string of the molecule is O=C(O)c1cccc(N(CC2CC2)C2CC2)c1. The van der Waals surface area contributed by atoms with Crippen molar-refractivity contribution < 1.29 is 9.90 Å². The molecule has 0 atom stereocenters. The molecule has 0 heterocycles. The van der Waals surface area contributed by atoms with Crippen LogP contribution in [0, 0.1) is 5.92 Å². The third-order valence-electron chi connectivity index (χ3n) is 3.56. The standard InChI is InChI=1S/C14H17NO2/c16-14(17)11-2-1-3-13(8-11)15(12-6-7-12)9-10-4-5-10/h1-3,8,10,12H,4-7,9H2,(H,16,17). The molecule has 3 rings (SSSR count). The minimum absolute atomic E-state index is 0.393. The van der Waals surface area contributed by atoms with Crippen LogP contribution in [0.25, 0.3) is 0 Å². The fraction of sp³-hybridized carbons (Fsp3) is 0.500. The van der Waals surface area contributed by atoms with Crippen molar-refractivity contribution in [1.82, 2.24) is 0 Å². The highest BCUT2D eigenvalue weighted by Crippen LogP contribution is 2.37. The lowest BCUT2D eigenvalue weighted by Crippen LogP contribution is -2.28. The number of hydrogen-bond donors (Lipinski definition) is 1. The second-order valence-corrected chi connectivity index (χ2v) is 5.18. The lowest BCUT2D eigenvalue weighted by atomic mass is 10.1. The van der Waals surface area contributed by atoms with Crippen molar-refractivity contribution in [2.45, 2.75) is 31.7 Å². The molecule has 0 aromatic heterocycles. The van der Waals surface area contributed by atoms with E-state index in [1.54, 1.807) is 6.07 Å². The van der Waals surface area contributed by atoms with Gasteiger partial charge in [-0.25, -0.2) is 4.79 Å². The molecule has 3 nitrogen and oxygen atoms in total. The highest BCUT2D eigenvalue weighted by Gasteiger charge is 2.33. The van der Waals surface area contributed by atoms with Crippen LogP contribution in [0.3, 0.4) is 0 Å². The molecule has 0 bridgehead atoms. The summed E-state index contributed by atoms with van der Waals surface area (Å²) in [5.41, 5.74) is 1.48. The lowest BCUT2D eigenvalue weighted by molar-refractivity contribution is 0.0697. The zero-order chi connectivity index (χ0) is 11.8. The van der Waals surface area contributed by atoms with Crippen LogP contribution in [0.5, 0.6) is 0 Å². The number of benzene rings is 1. The molecule has 2 aliphatic rings. The fourth-order valence-electron chi connectivity index (χ4n) is 2.25. The van der Waals surface area contributed by atoms with E-state index in [0.29, 0.717) is 11.6 Å².